The molecular formula is C22H20FN3O3S. The fraction of sp³-hybridized carbons (Fsp3) is 0.182. The summed E-state index contributed by atoms with van der Waals surface area (Å²) in [6.45, 7) is 2.41. The molecule has 1 amide bonds. The van der Waals surface area contributed by atoms with E-state index in [0.29, 0.717) is 28.6 Å². The number of thiophene rings is 1. The summed E-state index contributed by atoms with van der Waals surface area (Å²) in [7, 11) is 3.12. The molecule has 2 aromatic heterocycles. The van der Waals surface area contributed by atoms with Gasteiger partial charge in [0.15, 0.2) is 0 Å². The van der Waals surface area contributed by atoms with E-state index in [-0.39, 0.29) is 11.7 Å². The number of hydrogen-bond donors (Lipinski definition) is 1. The highest BCUT2D eigenvalue weighted by Crippen LogP contribution is 2.31. The van der Waals surface area contributed by atoms with Crippen LogP contribution in [0.15, 0.2) is 48.5 Å². The molecule has 4 rings (SSSR count). The van der Waals surface area contributed by atoms with Crippen LogP contribution >= 0.6 is 11.3 Å². The number of ether oxygens (including phenoxy) is 2. The van der Waals surface area contributed by atoms with Crippen LogP contribution in [0.2, 0.25) is 0 Å². The molecule has 0 fully saturated rings. The van der Waals surface area contributed by atoms with Crippen molar-refractivity contribution in [2.24, 2.45) is 0 Å². The Balaban J connectivity index is 1.60. The smallest absolute Gasteiger partial charge is 0.265 e. The Hall–Kier alpha value is -3.39. The Morgan fingerprint density at radius 1 is 1.10 bits per heavy atom. The van der Waals surface area contributed by atoms with E-state index in [9.17, 15) is 9.18 Å². The van der Waals surface area contributed by atoms with Crippen LogP contribution in [-0.4, -0.2) is 29.9 Å². The van der Waals surface area contributed by atoms with Crippen molar-refractivity contribution in [3.8, 4) is 11.5 Å². The predicted octanol–water partition coefficient (Wildman–Crippen LogP) is 4.86. The summed E-state index contributed by atoms with van der Waals surface area (Å²) < 4.78 is 25.5. The SMILES string of the molecule is COc1cc(NC(=O)c2cc3c(C)nn(Cc4ccc(F)cc4)c3s2)cc(OC)c1. The minimum absolute atomic E-state index is 0.223. The zero-order valence-corrected chi connectivity index (χ0v) is 17.5. The maximum atomic E-state index is 13.2. The number of amides is 1. The van der Waals surface area contributed by atoms with Gasteiger partial charge in [-0.2, -0.15) is 5.10 Å². The number of nitrogens with one attached hydrogen (secondary N) is 1. The molecule has 154 valence electrons. The first-order valence-electron chi connectivity index (χ1n) is 9.22. The monoisotopic (exact) mass is 425 g/mol. The molecule has 0 aliphatic heterocycles. The van der Waals surface area contributed by atoms with Gasteiger partial charge in [0.25, 0.3) is 5.91 Å². The van der Waals surface area contributed by atoms with E-state index in [2.05, 4.69) is 10.4 Å². The Morgan fingerprint density at radius 3 is 2.40 bits per heavy atom. The van der Waals surface area contributed by atoms with Crippen LogP contribution in [0.4, 0.5) is 10.1 Å². The summed E-state index contributed by atoms with van der Waals surface area (Å²) in [5, 5.41) is 8.39. The fourth-order valence-corrected chi connectivity index (χ4v) is 4.22. The number of carbonyl (C=O) groups is 1. The van der Waals surface area contributed by atoms with Crippen LogP contribution in [0.1, 0.15) is 20.9 Å². The van der Waals surface area contributed by atoms with Crippen LogP contribution in [-0.2, 0) is 6.54 Å². The average molecular weight is 425 g/mol. The van der Waals surface area contributed by atoms with E-state index in [1.54, 1.807) is 44.6 Å². The molecule has 0 atom stereocenters. The van der Waals surface area contributed by atoms with Gasteiger partial charge in [0.2, 0.25) is 0 Å². The van der Waals surface area contributed by atoms with E-state index in [1.807, 2.05) is 17.7 Å². The van der Waals surface area contributed by atoms with Crippen molar-refractivity contribution < 1.29 is 18.7 Å². The van der Waals surface area contributed by atoms with Crippen molar-refractivity contribution in [2.45, 2.75) is 13.5 Å². The lowest BCUT2D eigenvalue weighted by Gasteiger charge is -2.09. The molecule has 0 bridgehead atoms. The number of nitrogens with zero attached hydrogens (tertiary/aromatic N) is 2. The molecule has 8 heteroatoms. The van der Waals surface area contributed by atoms with E-state index >= 15 is 0 Å². The molecule has 0 saturated carbocycles. The number of halogens is 1. The Morgan fingerprint density at radius 2 is 1.77 bits per heavy atom. The van der Waals surface area contributed by atoms with Crippen molar-refractivity contribution in [3.63, 3.8) is 0 Å². The first kappa shape index (κ1) is 19.9. The number of benzene rings is 2. The maximum absolute atomic E-state index is 13.2. The third-order valence-electron chi connectivity index (χ3n) is 4.69. The van der Waals surface area contributed by atoms with Crippen molar-refractivity contribution in [1.29, 1.82) is 0 Å². The molecule has 0 unspecified atom stereocenters. The summed E-state index contributed by atoms with van der Waals surface area (Å²) in [5.41, 5.74) is 2.35. The first-order valence-corrected chi connectivity index (χ1v) is 10.0. The van der Waals surface area contributed by atoms with Gasteiger partial charge >= 0.3 is 0 Å². The van der Waals surface area contributed by atoms with Gasteiger partial charge in [0, 0.05) is 29.3 Å². The summed E-state index contributed by atoms with van der Waals surface area (Å²) in [5.74, 6) is 0.683. The Labute approximate surface area is 176 Å². The number of methoxy groups -OCH3 is 2. The lowest BCUT2D eigenvalue weighted by molar-refractivity contribution is 0.103. The van der Waals surface area contributed by atoms with Gasteiger partial charge in [-0.25, -0.2) is 4.39 Å². The normalized spacial score (nSPS) is 10.9. The second kappa shape index (κ2) is 8.16. The highest BCUT2D eigenvalue weighted by Gasteiger charge is 2.17. The molecule has 0 radical (unpaired) electrons. The van der Waals surface area contributed by atoms with Crippen molar-refractivity contribution in [3.05, 3.63) is 70.5 Å². The number of aromatic nitrogens is 2. The number of aryl methyl sites for hydroxylation is 1. The van der Waals surface area contributed by atoms with Crippen LogP contribution in [0, 0.1) is 12.7 Å². The zero-order chi connectivity index (χ0) is 21.3. The summed E-state index contributed by atoms with van der Waals surface area (Å²) in [4.78, 5) is 14.3. The van der Waals surface area contributed by atoms with Crippen molar-refractivity contribution in [2.75, 3.05) is 19.5 Å². The van der Waals surface area contributed by atoms with Crippen LogP contribution < -0.4 is 14.8 Å². The topological polar surface area (TPSA) is 65.4 Å². The van der Waals surface area contributed by atoms with Gasteiger partial charge in [-0.05, 0) is 30.7 Å². The van der Waals surface area contributed by atoms with Crippen LogP contribution in [0.5, 0.6) is 11.5 Å². The third-order valence-corrected chi connectivity index (χ3v) is 5.83. The Kier molecular flexibility index (Phi) is 5.41. The summed E-state index contributed by atoms with van der Waals surface area (Å²) in [6.07, 6.45) is 0. The molecular weight excluding hydrogens is 405 g/mol. The average Bonchev–Trinajstić information content (AvgIpc) is 3.31. The fourth-order valence-electron chi connectivity index (χ4n) is 3.17. The number of anilines is 1. The van der Waals surface area contributed by atoms with Gasteiger partial charge in [-0.3, -0.25) is 9.48 Å². The minimum atomic E-state index is -0.273. The second-order valence-electron chi connectivity index (χ2n) is 6.75. The molecule has 1 N–H and O–H groups in total. The number of fused-ring (bicyclic) bond motifs is 1. The largest absolute Gasteiger partial charge is 0.497 e. The van der Waals surface area contributed by atoms with Gasteiger partial charge < -0.3 is 14.8 Å². The molecule has 0 aliphatic rings. The quantitative estimate of drug-likeness (QED) is 0.479. The van der Waals surface area contributed by atoms with Crippen molar-refractivity contribution in [1.82, 2.24) is 9.78 Å². The number of hydrogen-bond acceptors (Lipinski definition) is 5. The predicted molar refractivity (Wildman–Crippen MR) is 115 cm³/mol. The lowest BCUT2D eigenvalue weighted by Crippen LogP contribution is -2.10. The molecule has 6 nitrogen and oxygen atoms in total. The van der Waals surface area contributed by atoms with Crippen molar-refractivity contribution >= 4 is 33.1 Å². The highest BCUT2D eigenvalue weighted by atomic mass is 32.1. The second-order valence-corrected chi connectivity index (χ2v) is 7.79. The van der Waals surface area contributed by atoms with Gasteiger partial charge in [-0.1, -0.05) is 12.1 Å². The first-order chi connectivity index (χ1) is 14.5. The van der Waals surface area contributed by atoms with Gasteiger partial charge in [0.1, 0.15) is 22.1 Å². The molecule has 4 aromatic rings. The highest BCUT2D eigenvalue weighted by molar-refractivity contribution is 7.20. The standard InChI is InChI=1S/C22H20FN3O3S/c1-13-19-11-20(21(27)24-16-8-17(28-2)10-18(9-16)29-3)30-22(19)26(25-13)12-14-4-6-15(23)7-5-14/h4-11H,12H2,1-3H3,(H,24,27). The van der Waals surface area contributed by atoms with E-state index < -0.39 is 0 Å². The van der Waals surface area contributed by atoms with E-state index in [1.165, 1.54) is 23.5 Å². The molecule has 2 heterocycles. The lowest BCUT2D eigenvalue weighted by atomic mass is 10.2. The summed E-state index contributed by atoms with van der Waals surface area (Å²) >= 11 is 1.37. The molecule has 0 spiro atoms. The molecule has 30 heavy (non-hydrogen) atoms. The molecule has 0 aliphatic carbocycles. The van der Waals surface area contributed by atoms with Crippen LogP contribution in [0.3, 0.4) is 0 Å². The maximum Gasteiger partial charge on any atom is 0.265 e. The third kappa shape index (κ3) is 3.99. The number of carbonyl (C=O) groups excluding carboxylic acids is 1. The van der Waals surface area contributed by atoms with Gasteiger partial charge in [0.05, 0.1) is 31.3 Å². The zero-order valence-electron chi connectivity index (χ0n) is 16.7. The molecule has 2 aromatic carbocycles. The Bertz CT molecular complexity index is 1190. The summed E-state index contributed by atoms with van der Waals surface area (Å²) in [6, 6.07) is 13.4. The molecule has 0 saturated heterocycles. The minimum Gasteiger partial charge on any atom is -0.497 e. The van der Waals surface area contributed by atoms with Crippen LogP contribution in [0.25, 0.3) is 10.2 Å². The van der Waals surface area contributed by atoms with E-state index in [0.717, 1.165) is 21.5 Å². The number of rotatable bonds is 6. The van der Waals surface area contributed by atoms with E-state index in [4.69, 9.17) is 9.47 Å². The van der Waals surface area contributed by atoms with Gasteiger partial charge in [-0.15, -0.1) is 11.3 Å².